The average Bonchev–Trinajstić information content (AvgIpc) is 3.17. The van der Waals surface area contributed by atoms with Gasteiger partial charge in [-0.2, -0.15) is 0 Å². The summed E-state index contributed by atoms with van der Waals surface area (Å²) in [6.07, 6.45) is 3.46. The Bertz CT molecular complexity index is 1160. The number of hydrogen-bond donors (Lipinski definition) is 1. The molecule has 0 saturated carbocycles. The minimum Gasteiger partial charge on any atom is -0.325 e. The molecule has 6 nitrogen and oxygen atoms in total. The molecule has 0 unspecified atom stereocenters. The van der Waals surface area contributed by atoms with Gasteiger partial charge in [0.1, 0.15) is 0 Å². The van der Waals surface area contributed by atoms with Crippen LogP contribution < -0.4 is 5.32 Å². The highest BCUT2D eigenvalue weighted by Crippen LogP contribution is 2.28. The number of nitrogens with one attached hydrogen (secondary N) is 1. The highest BCUT2D eigenvalue weighted by atomic mass is 32.2. The first-order valence-electron chi connectivity index (χ1n) is 9.52. The molecule has 4 rings (SSSR count). The maximum absolute atomic E-state index is 12.5. The van der Waals surface area contributed by atoms with Gasteiger partial charge in [0.15, 0.2) is 11.0 Å². The Hall–Kier alpha value is -3.45. The number of carbonyl (C=O) groups is 1. The number of amides is 1. The lowest BCUT2D eigenvalue weighted by Crippen LogP contribution is -2.14. The predicted octanol–water partition coefficient (Wildman–Crippen LogP) is 4.68. The first-order valence-corrected chi connectivity index (χ1v) is 10.5. The van der Waals surface area contributed by atoms with Crippen LogP contribution in [0.4, 0.5) is 5.69 Å². The second kappa shape index (κ2) is 8.92. The molecular formula is C23H21N5OS. The maximum Gasteiger partial charge on any atom is 0.234 e. The van der Waals surface area contributed by atoms with Gasteiger partial charge in [0, 0.05) is 29.3 Å². The van der Waals surface area contributed by atoms with Gasteiger partial charge in [0.05, 0.1) is 5.75 Å². The zero-order chi connectivity index (χ0) is 20.9. The van der Waals surface area contributed by atoms with Crippen molar-refractivity contribution in [2.75, 3.05) is 11.1 Å². The highest BCUT2D eigenvalue weighted by molar-refractivity contribution is 7.99. The summed E-state index contributed by atoms with van der Waals surface area (Å²) in [5.74, 6) is 0.853. The number of benzene rings is 2. The van der Waals surface area contributed by atoms with E-state index in [1.807, 2.05) is 79.1 Å². The van der Waals surface area contributed by atoms with E-state index in [2.05, 4.69) is 20.5 Å². The SMILES string of the molecule is Cc1ccc(-n2c(SCC(=O)Nc3cccc(C)c3)nnc2-c2ccncc2)cc1. The van der Waals surface area contributed by atoms with Crippen molar-refractivity contribution in [2.24, 2.45) is 0 Å². The van der Waals surface area contributed by atoms with E-state index in [4.69, 9.17) is 0 Å². The maximum atomic E-state index is 12.5. The summed E-state index contributed by atoms with van der Waals surface area (Å²) in [7, 11) is 0. The van der Waals surface area contributed by atoms with Crippen LogP contribution in [0.2, 0.25) is 0 Å². The summed E-state index contributed by atoms with van der Waals surface area (Å²) >= 11 is 1.35. The largest absolute Gasteiger partial charge is 0.325 e. The number of pyridine rings is 1. The molecule has 0 bridgehead atoms. The summed E-state index contributed by atoms with van der Waals surface area (Å²) in [4.78, 5) is 16.6. The van der Waals surface area contributed by atoms with Crippen LogP contribution in [0.1, 0.15) is 11.1 Å². The minimum atomic E-state index is -0.0884. The van der Waals surface area contributed by atoms with Gasteiger partial charge < -0.3 is 5.32 Å². The van der Waals surface area contributed by atoms with Gasteiger partial charge in [-0.25, -0.2) is 0 Å². The molecule has 2 heterocycles. The summed E-state index contributed by atoms with van der Waals surface area (Å²) in [6.45, 7) is 4.04. The number of rotatable bonds is 6. The Balaban J connectivity index is 1.59. The molecule has 0 aliphatic heterocycles. The molecule has 0 spiro atoms. The third kappa shape index (κ3) is 4.58. The zero-order valence-electron chi connectivity index (χ0n) is 16.7. The Morgan fingerprint density at radius 1 is 0.967 bits per heavy atom. The van der Waals surface area contributed by atoms with Crippen LogP contribution in [0, 0.1) is 13.8 Å². The van der Waals surface area contributed by atoms with E-state index in [9.17, 15) is 4.79 Å². The van der Waals surface area contributed by atoms with E-state index in [1.54, 1.807) is 12.4 Å². The van der Waals surface area contributed by atoms with Crippen LogP contribution in [-0.4, -0.2) is 31.4 Å². The Morgan fingerprint density at radius 3 is 2.47 bits per heavy atom. The van der Waals surface area contributed by atoms with Crippen molar-refractivity contribution in [3.8, 4) is 17.1 Å². The van der Waals surface area contributed by atoms with Crippen molar-refractivity contribution in [1.29, 1.82) is 0 Å². The number of nitrogens with zero attached hydrogens (tertiary/aromatic N) is 4. The molecule has 1 N–H and O–H groups in total. The van der Waals surface area contributed by atoms with Gasteiger partial charge in [-0.1, -0.05) is 41.6 Å². The molecule has 0 saturated heterocycles. The lowest BCUT2D eigenvalue weighted by molar-refractivity contribution is -0.113. The van der Waals surface area contributed by atoms with Crippen LogP contribution in [0.15, 0.2) is 78.2 Å². The molecule has 0 radical (unpaired) electrons. The third-order valence-corrected chi connectivity index (χ3v) is 5.43. The quantitative estimate of drug-likeness (QED) is 0.463. The monoisotopic (exact) mass is 415 g/mol. The Kier molecular flexibility index (Phi) is 5.90. The Labute approximate surface area is 179 Å². The van der Waals surface area contributed by atoms with E-state index in [-0.39, 0.29) is 11.7 Å². The smallest absolute Gasteiger partial charge is 0.234 e. The number of aromatic nitrogens is 4. The van der Waals surface area contributed by atoms with Crippen molar-refractivity contribution in [1.82, 2.24) is 19.7 Å². The zero-order valence-corrected chi connectivity index (χ0v) is 17.6. The second-order valence-electron chi connectivity index (χ2n) is 6.92. The molecule has 0 aliphatic carbocycles. The molecule has 1 amide bonds. The second-order valence-corrected chi connectivity index (χ2v) is 7.86. The van der Waals surface area contributed by atoms with Crippen LogP contribution in [0.3, 0.4) is 0 Å². The van der Waals surface area contributed by atoms with Gasteiger partial charge in [0.2, 0.25) is 5.91 Å². The molecule has 4 aromatic rings. The number of aryl methyl sites for hydroxylation is 2. The lowest BCUT2D eigenvalue weighted by atomic mass is 10.2. The predicted molar refractivity (Wildman–Crippen MR) is 120 cm³/mol. The van der Waals surface area contributed by atoms with Crippen molar-refractivity contribution < 1.29 is 4.79 Å². The number of anilines is 1. The topological polar surface area (TPSA) is 72.7 Å². The van der Waals surface area contributed by atoms with E-state index in [1.165, 1.54) is 17.3 Å². The highest BCUT2D eigenvalue weighted by Gasteiger charge is 2.17. The van der Waals surface area contributed by atoms with Crippen LogP contribution in [-0.2, 0) is 4.79 Å². The van der Waals surface area contributed by atoms with Crippen LogP contribution in [0.25, 0.3) is 17.1 Å². The molecule has 30 heavy (non-hydrogen) atoms. The summed E-state index contributed by atoms with van der Waals surface area (Å²) in [6, 6.07) is 19.7. The fraction of sp³-hybridized carbons (Fsp3) is 0.130. The van der Waals surface area contributed by atoms with Crippen LogP contribution >= 0.6 is 11.8 Å². The first kappa shape index (κ1) is 19.8. The Morgan fingerprint density at radius 2 is 1.73 bits per heavy atom. The summed E-state index contributed by atoms with van der Waals surface area (Å²) in [5.41, 5.74) is 4.91. The fourth-order valence-electron chi connectivity index (χ4n) is 3.03. The number of thioether (sulfide) groups is 1. The minimum absolute atomic E-state index is 0.0884. The van der Waals surface area contributed by atoms with Crippen LogP contribution in [0.5, 0.6) is 0 Å². The number of carbonyl (C=O) groups excluding carboxylic acids is 1. The molecule has 0 aliphatic rings. The van der Waals surface area contributed by atoms with Crippen molar-refractivity contribution >= 4 is 23.4 Å². The van der Waals surface area contributed by atoms with E-state index >= 15 is 0 Å². The molecule has 0 atom stereocenters. The fourth-order valence-corrected chi connectivity index (χ4v) is 3.78. The first-order chi connectivity index (χ1) is 14.6. The molecule has 2 aromatic heterocycles. The molecule has 0 fully saturated rings. The molecular weight excluding hydrogens is 394 g/mol. The van der Waals surface area contributed by atoms with E-state index in [0.29, 0.717) is 11.0 Å². The molecule has 150 valence electrons. The van der Waals surface area contributed by atoms with Gasteiger partial charge >= 0.3 is 0 Å². The normalized spacial score (nSPS) is 10.7. The van der Waals surface area contributed by atoms with Gasteiger partial charge in [-0.05, 0) is 55.8 Å². The van der Waals surface area contributed by atoms with E-state index in [0.717, 1.165) is 22.5 Å². The summed E-state index contributed by atoms with van der Waals surface area (Å²) < 4.78 is 1.97. The van der Waals surface area contributed by atoms with Gasteiger partial charge in [0.25, 0.3) is 0 Å². The van der Waals surface area contributed by atoms with Crippen molar-refractivity contribution in [3.63, 3.8) is 0 Å². The number of hydrogen-bond acceptors (Lipinski definition) is 5. The third-order valence-electron chi connectivity index (χ3n) is 4.50. The van der Waals surface area contributed by atoms with Crippen molar-refractivity contribution in [2.45, 2.75) is 19.0 Å². The lowest BCUT2D eigenvalue weighted by Gasteiger charge is -2.11. The van der Waals surface area contributed by atoms with Gasteiger partial charge in [-0.15, -0.1) is 10.2 Å². The molecule has 2 aromatic carbocycles. The average molecular weight is 416 g/mol. The summed E-state index contributed by atoms with van der Waals surface area (Å²) in [5, 5.41) is 12.3. The van der Waals surface area contributed by atoms with Crippen molar-refractivity contribution in [3.05, 3.63) is 84.2 Å². The molecule has 7 heteroatoms. The standard InChI is InChI=1S/C23H21N5OS/c1-16-6-8-20(9-7-16)28-22(18-10-12-24-13-11-18)26-27-23(28)30-15-21(29)25-19-5-3-4-17(2)14-19/h3-14H,15H2,1-2H3,(H,25,29). The van der Waals surface area contributed by atoms with Gasteiger partial charge in [-0.3, -0.25) is 14.3 Å². The van der Waals surface area contributed by atoms with E-state index < -0.39 is 0 Å².